The van der Waals surface area contributed by atoms with Gasteiger partial charge in [-0.3, -0.25) is 0 Å². The van der Waals surface area contributed by atoms with Crippen molar-refractivity contribution in [2.24, 2.45) is 0 Å². The van der Waals surface area contributed by atoms with Gasteiger partial charge in [-0.25, -0.2) is 0 Å². The third-order valence-corrected chi connectivity index (χ3v) is 3.66. The molecule has 0 aliphatic carbocycles. The van der Waals surface area contributed by atoms with Crippen molar-refractivity contribution in [3.63, 3.8) is 0 Å². The van der Waals surface area contributed by atoms with Gasteiger partial charge in [0.25, 0.3) is 0 Å². The molecule has 0 aliphatic rings. The Morgan fingerprint density at radius 2 is 2.08 bits per heavy atom. The number of methoxy groups -OCH3 is 1. The predicted octanol–water partition coefficient (Wildman–Crippen LogP) is 2.38. The summed E-state index contributed by atoms with van der Waals surface area (Å²) in [6.45, 7) is 1.16. The van der Waals surface area contributed by atoms with Gasteiger partial charge in [-0.2, -0.15) is 0 Å². The van der Waals surface area contributed by atoms with Crippen molar-refractivity contribution in [3.05, 3.63) is 12.2 Å². The molecule has 0 bridgehead atoms. The van der Waals surface area contributed by atoms with E-state index in [2.05, 4.69) is 25.0 Å². The lowest BCUT2D eigenvalue weighted by Gasteiger charge is -1.98. The molecule has 0 saturated carbocycles. The van der Waals surface area contributed by atoms with E-state index in [1.165, 1.54) is 11.0 Å². The van der Waals surface area contributed by atoms with Gasteiger partial charge in [0.05, 0.1) is 6.61 Å². The second kappa shape index (κ2) is 11.9. The van der Waals surface area contributed by atoms with Crippen molar-refractivity contribution in [2.45, 2.75) is 17.4 Å². The summed E-state index contributed by atoms with van der Waals surface area (Å²) < 4.78 is 11.2. The Labute approximate surface area is 90.3 Å². The van der Waals surface area contributed by atoms with Crippen LogP contribution in [0, 0.1) is 0 Å². The van der Waals surface area contributed by atoms with E-state index < -0.39 is 0 Å². The monoisotopic (exact) mass is 246 g/mol. The fourth-order valence-electron chi connectivity index (χ4n) is 0.724. The number of hydrogen-bond acceptors (Lipinski definition) is 2. The molecule has 68 valence electrons. The molecular formula is C8H15BrMgO2. The number of rotatable bonds is 8. The van der Waals surface area contributed by atoms with Crippen molar-refractivity contribution < 1.29 is 9.47 Å². The van der Waals surface area contributed by atoms with Crippen LogP contribution in [0.2, 0.25) is 4.55 Å². The first kappa shape index (κ1) is 12.9. The van der Waals surface area contributed by atoms with Crippen LogP contribution in [0.1, 0.15) is 12.8 Å². The second-order valence-corrected chi connectivity index (χ2v) is 5.87. The lowest BCUT2D eigenvalue weighted by molar-refractivity contribution is -0.0285. The molecule has 4 heteroatoms. The van der Waals surface area contributed by atoms with Crippen LogP contribution in [0.3, 0.4) is 0 Å². The highest BCUT2D eigenvalue weighted by Crippen LogP contribution is 1.95. The predicted molar refractivity (Wildman–Crippen MR) is 55.7 cm³/mol. The summed E-state index contributed by atoms with van der Waals surface area (Å²) in [5.74, 6) is 0. The van der Waals surface area contributed by atoms with E-state index >= 15 is 0 Å². The molecule has 0 N–H and O–H groups in total. The van der Waals surface area contributed by atoms with E-state index in [4.69, 9.17) is 9.47 Å². The summed E-state index contributed by atoms with van der Waals surface area (Å²) in [7, 11) is 1.64. The van der Waals surface area contributed by atoms with E-state index in [0.29, 0.717) is 6.79 Å². The first-order chi connectivity index (χ1) is 5.91. The third kappa shape index (κ3) is 10.9. The van der Waals surface area contributed by atoms with Crippen LogP contribution in [0.15, 0.2) is 12.2 Å². The van der Waals surface area contributed by atoms with Crippen LogP contribution in [-0.4, -0.2) is 38.7 Å². The molecule has 0 amide bonds. The smallest absolute Gasteiger partial charge is 0.359 e. The zero-order valence-corrected chi connectivity index (χ0v) is 10.6. The molecule has 0 saturated heterocycles. The van der Waals surface area contributed by atoms with E-state index in [9.17, 15) is 0 Å². The van der Waals surface area contributed by atoms with Gasteiger partial charge < -0.3 is 22.4 Å². The van der Waals surface area contributed by atoms with E-state index in [1.54, 1.807) is 7.11 Å². The topological polar surface area (TPSA) is 18.5 Å². The summed E-state index contributed by atoms with van der Waals surface area (Å²) in [6.07, 6.45) is 6.60. The third-order valence-electron chi connectivity index (χ3n) is 1.30. The first-order valence-corrected chi connectivity index (χ1v) is 9.09. The zero-order valence-electron chi connectivity index (χ0n) is 7.59. The molecule has 0 aromatic heterocycles. The molecule has 0 radical (unpaired) electrons. The first-order valence-electron chi connectivity index (χ1n) is 4.19. The van der Waals surface area contributed by atoms with Crippen molar-refractivity contribution in [1.82, 2.24) is 0 Å². The van der Waals surface area contributed by atoms with Crippen molar-refractivity contribution in [2.75, 3.05) is 20.5 Å². The molecule has 0 spiro atoms. The molecule has 2 nitrogen and oxygen atoms in total. The van der Waals surface area contributed by atoms with Gasteiger partial charge in [0.2, 0.25) is 0 Å². The van der Waals surface area contributed by atoms with E-state index in [-0.39, 0.29) is 18.2 Å². The summed E-state index contributed by atoms with van der Waals surface area (Å²) in [5.41, 5.74) is 0. The Hall–Kier alpha value is 0.906. The van der Waals surface area contributed by atoms with Gasteiger partial charge in [-0.15, -0.1) is 4.55 Å². The maximum absolute atomic E-state index is 5.12. The minimum atomic E-state index is 0.0764. The normalized spacial score (nSPS) is 10.5. The quantitative estimate of drug-likeness (QED) is 0.284. The molecule has 0 unspecified atom stereocenters. The van der Waals surface area contributed by atoms with Gasteiger partial charge in [-0.05, 0) is 6.42 Å². The Balaban J connectivity index is 2.92. The molecule has 0 atom stereocenters. The van der Waals surface area contributed by atoms with Crippen LogP contribution in [0.25, 0.3) is 0 Å². The SMILES string of the molecule is COCOCC/C=C/C[CH2][Mg][Br]. The van der Waals surface area contributed by atoms with Crippen LogP contribution in [0.4, 0.5) is 0 Å². The molecule has 12 heavy (non-hydrogen) atoms. The largest absolute Gasteiger partial charge is 0.468 e. The molecule has 0 aromatic carbocycles. The van der Waals surface area contributed by atoms with Crippen LogP contribution >= 0.6 is 12.9 Å². The average molecular weight is 247 g/mol. The van der Waals surface area contributed by atoms with Crippen molar-refractivity contribution >= 4 is 31.1 Å². The van der Waals surface area contributed by atoms with Gasteiger partial charge in [0.15, 0.2) is 0 Å². The van der Waals surface area contributed by atoms with Crippen molar-refractivity contribution in [3.8, 4) is 0 Å². The summed E-state index contributed by atoms with van der Waals surface area (Å²) in [6, 6.07) is 0. The Bertz CT molecular complexity index is 109. The van der Waals surface area contributed by atoms with Crippen LogP contribution in [-0.2, 0) is 9.47 Å². The standard InChI is InChI=1S/C8H15O2.BrH.Mg/c1-3-4-5-6-7-10-8-9-2;;/h4-5H,1,3,6-8H2,2H3;1H;/q;;+1/p-1/b5-4+;;. The van der Waals surface area contributed by atoms with Gasteiger partial charge >= 0.3 is 18.2 Å². The number of hydrogen-bond donors (Lipinski definition) is 0. The lowest BCUT2D eigenvalue weighted by Crippen LogP contribution is -1.96. The Kier molecular flexibility index (Phi) is 12.8. The molecule has 0 fully saturated rings. The van der Waals surface area contributed by atoms with Crippen LogP contribution in [0.5, 0.6) is 0 Å². The minimum Gasteiger partial charge on any atom is -0.359 e. The number of allylic oxidation sites excluding steroid dienone is 1. The number of ether oxygens (including phenoxy) is 2. The summed E-state index contributed by atoms with van der Waals surface area (Å²) in [4.78, 5) is 0. The summed E-state index contributed by atoms with van der Waals surface area (Å²) >= 11 is 3.59. The van der Waals surface area contributed by atoms with Gasteiger partial charge in [0, 0.05) is 7.11 Å². The highest BCUT2D eigenvalue weighted by molar-refractivity contribution is 9.23. The maximum atomic E-state index is 5.12. The average Bonchev–Trinajstić information content (AvgIpc) is 2.10. The van der Waals surface area contributed by atoms with Crippen LogP contribution < -0.4 is 0 Å². The Morgan fingerprint density at radius 3 is 2.75 bits per heavy atom. The molecule has 0 aliphatic heterocycles. The molecule has 0 heterocycles. The second-order valence-electron chi connectivity index (χ2n) is 2.41. The van der Waals surface area contributed by atoms with Crippen molar-refractivity contribution in [1.29, 1.82) is 0 Å². The van der Waals surface area contributed by atoms with Gasteiger partial charge in [0.1, 0.15) is 6.79 Å². The van der Waals surface area contributed by atoms with Gasteiger partial charge in [-0.1, -0.05) is 18.6 Å². The van der Waals surface area contributed by atoms with E-state index in [1.807, 2.05) is 0 Å². The molecular weight excluding hydrogens is 232 g/mol. The highest BCUT2D eigenvalue weighted by Gasteiger charge is 1.85. The molecule has 0 rings (SSSR count). The lowest BCUT2D eigenvalue weighted by atomic mass is 10.3. The molecule has 0 aromatic rings. The fourth-order valence-corrected chi connectivity index (χ4v) is 2.09. The fraction of sp³-hybridized carbons (Fsp3) is 0.750. The number of halogens is 1. The maximum Gasteiger partial charge on any atom is 0.468 e. The minimum absolute atomic E-state index is 0.0764. The van der Waals surface area contributed by atoms with E-state index in [0.717, 1.165) is 13.0 Å². The summed E-state index contributed by atoms with van der Waals surface area (Å²) in [5, 5.41) is 0. The Morgan fingerprint density at radius 1 is 1.33 bits per heavy atom. The zero-order chi connectivity index (χ0) is 9.07. The highest BCUT2D eigenvalue weighted by atomic mass is 79.9.